The molecule has 0 saturated carbocycles. The molecule has 2 rings (SSSR count). The maximum atomic E-state index is 5.60. The van der Waals surface area contributed by atoms with Crippen LogP contribution in [0.2, 0.25) is 0 Å². The second-order valence-corrected chi connectivity index (χ2v) is 4.92. The van der Waals surface area contributed by atoms with Gasteiger partial charge in [0, 0.05) is 4.88 Å². The average Bonchev–Trinajstić information content (AvgIpc) is 2.69. The molecule has 0 saturated heterocycles. The first-order valence-corrected chi connectivity index (χ1v) is 6.10. The van der Waals surface area contributed by atoms with Crippen molar-refractivity contribution in [3.63, 3.8) is 0 Å². The lowest BCUT2D eigenvalue weighted by atomic mass is 10.4. The van der Waals surface area contributed by atoms with Gasteiger partial charge in [-0.3, -0.25) is 0 Å². The van der Waals surface area contributed by atoms with Crippen molar-refractivity contribution in [3.8, 4) is 0 Å². The third kappa shape index (κ3) is 2.70. The predicted octanol–water partition coefficient (Wildman–Crippen LogP) is 3.10. The summed E-state index contributed by atoms with van der Waals surface area (Å²) in [6.45, 7) is 0.785. The first-order chi connectivity index (χ1) is 7.25. The minimum atomic E-state index is 0.656. The number of halogens is 1. The summed E-state index contributed by atoms with van der Waals surface area (Å²) in [5, 5.41) is 5.30. The Bertz CT molecular complexity index is 442. The molecule has 0 unspecified atom stereocenters. The number of nitrogens with one attached hydrogen (secondary N) is 1. The third-order valence-corrected chi connectivity index (χ3v) is 3.35. The van der Waals surface area contributed by atoms with Crippen LogP contribution in [-0.4, -0.2) is 4.98 Å². The number of rotatable bonds is 3. The first-order valence-electron chi connectivity index (χ1n) is 4.43. The number of nitrogens with zero attached hydrogens (tertiary/aromatic N) is 1. The molecule has 0 atom stereocenters. The van der Waals surface area contributed by atoms with Gasteiger partial charge in [-0.15, -0.1) is 11.3 Å². The number of anilines is 2. The van der Waals surface area contributed by atoms with Gasteiger partial charge in [-0.1, -0.05) is 6.07 Å². The minimum absolute atomic E-state index is 0.656. The summed E-state index contributed by atoms with van der Waals surface area (Å²) in [5.41, 5.74) is 6.26. The molecule has 15 heavy (non-hydrogen) atoms. The number of thiophene rings is 1. The van der Waals surface area contributed by atoms with Crippen LogP contribution in [0.4, 0.5) is 11.5 Å². The molecule has 2 aromatic heterocycles. The topological polar surface area (TPSA) is 50.9 Å². The fraction of sp³-hybridized carbons (Fsp3) is 0.100. The normalized spacial score (nSPS) is 10.2. The van der Waals surface area contributed by atoms with Crippen LogP contribution in [0.3, 0.4) is 0 Å². The molecule has 0 spiro atoms. The lowest BCUT2D eigenvalue weighted by molar-refractivity contribution is 1.13. The molecule has 0 amide bonds. The second-order valence-electron chi connectivity index (χ2n) is 3.03. The first kappa shape index (κ1) is 10.4. The summed E-state index contributed by atoms with van der Waals surface area (Å²) in [6, 6.07) is 5.96. The van der Waals surface area contributed by atoms with Gasteiger partial charge in [0.15, 0.2) is 0 Å². The van der Waals surface area contributed by atoms with E-state index < -0.39 is 0 Å². The molecule has 0 aliphatic rings. The predicted molar refractivity (Wildman–Crippen MR) is 68.0 cm³/mol. The van der Waals surface area contributed by atoms with Gasteiger partial charge in [0.25, 0.3) is 0 Å². The molecular weight excluding hydrogens is 274 g/mol. The smallest absolute Gasteiger partial charge is 0.140 e. The van der Waals surface area contributed by atoms with E-state index >= 15 is 0 Å². The molecule has 2 aromatic rings. The molecule has 3 N–H and O–H groups in total. The van der Waals surface area contributed by atoms with Gasteiger partial charge in [-0.25, -0.2) is 4.98 Å². The van der Waals surface area contributed by atoms with Crippen molar-refractivity contribution in [2.75, 3.05) is 11.1 Å². The monoisotopic (exact) mass is 283 g/mol. The molecule has 78 valence electrons. The van der Waals surface area contributed by atoms with Crippen molar-refractivity contribution in [2.45, 2.75) is 6.54 Å². The summed E-state index contributed by atoms with van der Waals surface area (Å²) >= 11 is 5.13. The molecular formula is C10H10BrN3S. The Labute approximate surface area is 100 Å². The van der Waals surface area contributed by atoms with Crippen molar-refractivity contribution in [1.82, 2.24) is 4.98 Å². The highest BCUT2D eigenvalue weighted by Gasteiger charge is 2.01. The molecule has 5 heteroatoms. The molecule has 0 radical (unpaired) electrons. The van der Waals surface area contributed by atoms with Crippen LogP contribution >= 0.6 is 27.3 Å². The number of aromatic nitrogens is 1. The third-order valence-electron chi connectivity index (χ3n) is 1.87. The van der Waals surface area contributed by atoms with E-state index in [-0.39, 0.29) is 0 Å². The van der Waals surface area contributed by atoms with Gasteiger partial charge in [-0.2, -0.15) is 0 Å². The largest absolute Gasteiger partial charge is 0.397 e. The van der Waals surface area contributed by atoms with Crippen LogP contribution in [0.15, 0.2) is 34.2 Å². The Morgan fingerprint density at radius 1 is 1.53 bits per heavy atom. The Morgan fingerprint density at radius 3 is 3.07 bits per heavy atom. The molecule has 0 bridgehead atoms. The molecule has 0 aliphatic carbocycles. The maximum absolute atomic E-state index is 5.60. The van der Waals surface area contributed by atoms with E-state index in [1.54, 1.807) is 17.5 Å². The highest BCUT2D eigenvalue weighted by atomic mass is 79.9. The van der Waals surface area contributed by atoms with Gasteiger partial charge < -0.3 is 11.1 Å². The Morgan fingerprint density at radius 2 is 2.40 bits per heavy atom. The van der Waals surface area contributed by atoms with Gasteiger partial charge in [0.1, 0.15) is 5.82 Å². The summed E-state index contributed by atoms with van der Waals surface area (Å²) < 4.78 is 0.888. The van der Waals surface area contributed by atoms with E-state index in [1.165, 1.54) is 4.88 Å². The Kier molecular flexibility index (Phi) is 3.23. The van der Waals surface area contributed by atoms with Crippen molar-refractivity contribution < 1.29 is 0 Å². The standard InChI is InChI=1S/C10H10BrN3S/c11-9-4-7(12)5-13-10(9)14-6-8-2-1-3-15-8/h1-5H,6,12H2,(H,13,14). The Balaban J connectivity index is 2.05. The van der Waals surface area contributed by atoms with E-state index in [0.717, 1.165) is 16.8 Å². The lowest BCUT2D eigenvalue weighted by Gasteiger charge is -2.06. The highest BCUT2D eigenvalue weighted by molar-refractivity contribution is 9.10. The van der Waals surface area contributed by atoms with Crippen molar-refractivity contribution in [3.05, 3.63) is 39.1 Å². The average molecular weight is 284 g/mol. The summed E-state index contributed by atoms with van der Waals surface area (Å²) in [7, 11) is 0. The number of hydrogen-bond donors (Lipinski definition) is 2. The molecule has 0 aliphatic heterocycles. The van der Waals surface area contributed by atoms with Gasteiger partial charge in [0.05, 0.1) is 22.9 Å². The van der Waals surface area contributed by atoms with E-state index in [1.807, 2.05) is 12.1 Å². The van der Waals surface area contributed by atoms with Crippen LogP contribution in [-0.2, 0) is 6.54 Å². The summed E-state index contributed by atoms with van der Waals surface area (Å²) in [6.07, 6.45) is 1.64. The number of nitrogen functional groups attached to an aromatic ring is 1. The summed E-state index contributed by atoms with van der Waals surface area (Å²) in [4.78, 5) is 5.48. The van der Waals surface area contributed by atoms with Crippen LogP contribution < -0.4 is 11.1 Å². The van der Waals surface area contributed by atoms with Crippen LogP contribution in [0.1, 0.15) is 4.88 Å². The maximum Gasteiger partial charge on any atom is 0.140 e. The highest BCUT2D eigenvalue weighted by Crippen LogP contribution is 2.22. The lowest BCUT2D eigenvalue weighted by Crippen LogP contribution is -2.01. The SMILES string of the molecule is Nc1cnc(NCc2cccs2)c(Br)c1. The van der Waals surface area contributed by atoms with Crippen molar-refractivity contribution in [2.24, 2.45) is 0 Å². The van der Waals surface area contributed by atoms with Crippen LogP contribution in [0, 0.1) is 0 Å². The van der Waals surface area contributed by atoms with Gasteiger partial charge >= 0.3 is 0 Å². The zero-order chi connectivity index (χ0) is 10.7. The molecule has 3 nitrogen and oxygen atoms in total. The van der Waals surface area contributed by atoms with Crippen molar-refractivity contribution in [1.29, 1.82) is 0 Å². The number of nitrogens with two attached hydrogens (primary N) is 1. The van der Waals surface area contributed by atoms with Gasteiger partial charge in [0.2, 0.25) is 0 Å². The van der Waals surface area contributed by atoms with Crippen LogP contribution in [0.25, 0.3) is 0 Å². The van der Waals surface area contributed by atoms with Crippen LogP contribution in [0.5, 0.6) is 0 Å². The van der Waals surface area contributed by atoms with E-state index in [9.17, 15) is 0 Å². The van der Waals surface area contributed by atoms with Crippen molar-refractivity contribution >= 4 is 38.8 Å². The Hall–Kier alpha value is -1.07. The fourth-order valence-electron chi connectivity index (χ4n) is 1.17. The quantitative estimate of drug-likeness (QED) is 0.910. The fourth-order valence-corrected chi connectivity index (χ4v) is 2.32. The molecule has 0 fully saturated rings. The zero-order valence-electron chi connectivity index (χ0n) is 7.90. The minimum Gasteiger partial charge on any atom is -0.397 e. The molecule has 2 heterocycles. The van der Waals surface area contributed by atoms with E-state index in [4.69, 9.17) is 5.73 Å². The number of hydrogen-bond acceptors (Lipinski definition) is 4. The number of pyridine rings is 1. The zero-order valence-corrected chi connectivity index (χ0v) is 10.3. The van der Waals surface area contributed by atoms with Gasteiger partial charge in [-0.05, 0) is 33.4 Å². The molecule has 0 aromatic carbocycles. The summed E-state index contributed by atoms with van der Waals surface area (Å²) in [5.74, 6) is 0.817. The second kappa shape index (κ2) is 4.63. The van der Waals surface area contributed by atoms with E-state index in [0.29, 0.717) is 5.69 Å². The van der Waals surface area contributed by atoms with E-state index in [2.05, 4.69) is 37.7 Å².